The Morgan fingerprint density at radius 2 is 2.06 bits per heavy atom. The number of hydrogen-bond acceptors (Lipinski definition) is 3. The third-order valence-corrected chi connectivity index (χ3v) is 6.13. The topological polar surface area (TPSA) is 54.9 Å². The third kappa shape index (κ3) is 6.22. The molecule has 1 fully saturated rings. The summed E-state index contributed by atoms with van der Waals surface area (Å²) < 4.78 is 41.4. The zero-order valence-corrected chi connectivity index (χ0v) is 19.8. The van der Waals surface area contributed by atoms with E-state index in [0.29, 0.717) is 17.2 Å². The first-order valence-electron chi connectivity index (χ1n) is 11.3. The molecular weight excluding hydrogens is 439 g/mol. The Morgan fingerprint density at radius 1 is 1.29 bits per heavy atom. The molecule has 1 amide bonds. The number of carbonyl (C=O) groups excluding carboxylic acids is 1. The number of nitrogens with one attached hydrogen (secondary N) is 1. The quantitative estimate of drug-likeness (QED) is 0.432. The molecule has 0 aromatic carbocycles. The number of nitrogens with zero attached hydrogens (tertiary/aromatic N) is 2. The van der Waals surface area contributed by atoms with E-state index in [1.165, 1.54) is 19.1 Å². The lowest BCUT2D eigenvalue weighted by Gasteiger charge is -2.36. The first kappa shape index (κ1) is 25.4. The summed E-state index contributed by atoms with van der Waals surface area (Å²) in [6, 6.07) is 4.20. The van der Waals surface area contributed by atoms with Crippen molar-refractivity contribution in [2.75, 3.05) is 12.0 Å². The predicted molar refractivity (Wildman–Crippen MR) is 129 cm³/mol. The fraction of sp³-hybridized carbons (Fsp3) is 0.370. The zero-order chi connectivity index (χ0) is 24.9. The van der Waals surface area contributed by atoms with Crippen molar-refractivity contribution in [3.63, 3.8) is 0 Å². The van der Waals surface area contributed by atoms with Crippen molar-refractivity contribution in [1.29, 1.82) is 0 Å². The summed E-state index contributed by atoms with van der Waals surface area (Å²) >= 11 is 0. The molecule has 1 N–H and O–H groups in total. The molecule has 34 heavy (non-hydrogen) atoms. The standard InChI is InChI=1S/C27H30F3N3O/c1-17(15-28)7-8-21(29)18(2)25-22(30)9-10-23(32-25)26(34)33-24-16-31-13-11-20(24)19-6-5-12-27(3,4)14-19/h7-11,13,16,19H,2,5-6,12,14-15H2,1,3-4H3,(H,33,34)/b17-7-,21-8+/t19-/m0/s1. The number of hydrogen-bond donors (Lipinski definition) is 1. The van der Waals surface area contributed by atoms with E-state index in [1.54, 1.807) is 12.4 Å². The second kappa shape index (κ2) is 10.8. The van der Waals surface area contributed by atoms with E-state index in [2.05, 4.69) is 35.7 Å². The normalized spacial score (nSPS) is 18.5. The maximum absolute atomic E-state index is 14.4. The highest BCUT2D eigenvalue weighted by Crippen LogP contribution is 2.44. The minimum absolute atomic E-state index is 0.0837. The molecule has 1 saturated carbocycles. The van der Waals surface area contributed by atoms with Crippen LogP contribution in [-0.4, -0.2) is 22.5 Å². The molecule has 0 bridgehead atoms. The predicted octanol–water partition coefficient (Wildman–Crippen LogP) is 7.33. The molecule has 0 spiro atoms. The summed E-state index contributed by atoms with van der Waals surface area (Å²) in [5, 5.41) is 2.84. The van der Waals surface area contributed by atoms with Crippen LogP contribution in [0.25, 0.3) is 5.57 Å². The van der Waals surface area contributed by atoms with Crippen LogP contribution in [0.3, 0.4) is 0 Å². The number of rotatable bonds is 7. The summed E-state index contributed by atoms with van der Waals surface area (Å²) in [6.45, 7) is 8.82. The van der Waals surface area contributed by atoms with Gasteiger partial charge >= 0.3 is 0 Å². The highest BCUT2D eigenvalue weighted by atomic mass is 19.1. The molecule has 180 valence electrons. The first-order valence-corrected chi connectivity index (χ1v) is 11.3. The monoisotopic (exact) mass is 469 g/mol. The molecule has 1 aliphatic carbocycles. The Balaban J connectivity index is 1.84. The fourth-order valence-corrected chi connectivity index (χ4v) is 4.27. The van der Waals surface area contributed by atoms with Crippen LogP contribution < -0.4 is 5.32 Å². The molecule has 1 aliphatic rings. The number of carbonyl (C=O) groups is 1. The van der Waals surface area contributed by atoms with Crippen molar-refractivity contribution in [2.45, 2.75) is 52.4 Å². The van der Waals surface area contributed by atoms with Gasteiger partial charge in [-0.15, -0.1) is 0 Å². The van der Waals surface area contributed by atoms with Crippen LogP contribution in [0.5, 0.6) is 0 Å². The highest BCUT2D eigenvalue weighted by Gasteiger charge is 2.30. The van der Waals surface area contributed by atoms with Crippen LogP contribution in [0.2, 0.25) is 0 Å². The van der Waals surface area contributed by atoms with Crippen molar-refractivity contribution < 1.29 is 18.0 Å². The molecule has 2 aromatic rings. The Bertz CT molecular complexity index is 1140. The van der Waals surface area contributed by atoms with Gasteiger partial charge in [0.25, 0.3) is 5.91 Å². The molecule has 0 unspecified atom stereocenters. The summed E-state index contributed by atoms with van der Waals surface area (Å²) in [6.07, 6.45) is 9.84. The maximum atomic E-state index is 14.4. The molecule has 1 atom stereocenters. The fourth-order valence-electron chi connectivity index (χ4n) is 4.27. The maximum Gasteiger partial charge on any atom is 0.274 e. The van der Waals surface area contributed by atoms with Gasteiger partial charge in [0.05, 0.1) is 11.9 Å². The van der Waals surface area contributed by atoms with E-state index in [0.717, 1.165) is 43.4 Å². The van der Waals surface area contributed by atoms with Crippen LogP contribution in [0, 0.1) is 11.2 Å². The summed E-state index contributed by atoms with van der Waals surface area (Å²) in [5.74, 6) is -1.96. The second-order valence-corrected chi connectivity index (χ2v) is 9.54. The molecule has 0 radical (unpaired) electrons. The van der Waals surface area contributed by atoms with Crippen LogP contribution in [-0.2, 0) is 0 Å². The van der Waals surface area contributed by atoms with Crippen LogP contribution in [0.1, 0.15) is 74.1 Å². The minimum atomic E-state index is -0.869. The van der Waals surface area contributed by atoms with Gasteiger partial charge in [0.15, 0.2) is 0 Å². The zero-order valence-electron chi connectivity index (χ0n) is 19.8. The first-order chi connectivity index (χ1) is 16.1. The lowest BCUT2D eigenvalue weighted by molar-refractivity contribution is 0.102. The number of aromatic nitrogens is 2. The lowest BCUT2D eigenvalue weighted by atomic mass is 9.70. The van der Waals surface area contributed by atoms with Crippen LogP contribution in [0.4, 0.5) is 18.9 Å². The average molecular weight is 470 g/mol. The van der Waals surface area contributed by atoms with E-state index >= 15 is 0 Å². The van der Waals surface area contributed by atoms with E-state index in [9.17, 15) is 18.0 Å². The number of anilines is 1. The SMILES string of the molecule is C=C(/C(F)=C\C=C(\C)CF)c1nc(C(=O)Nc2cnccc2[C@H]2CCCC(C)(C)C2)ccc1F. The summed E-state index contributed by atoms with van der Waals surface area (Å²) in [7, 11) is 0. The summed E-state index contributed by atoms with van der Waals surface area (Å²) in [4.78, 5) is 21.1. The van der Waals surface area contributed by atoms with Gasteiger partial charge in [-0.1, -0.05) is 32.9 Å². The lowest BCUT2D eigenvalue weighted by Crippen LogP contribution is -2.23. The van der Waals surface area contributed by atoms with Crippen molar-refractivity contribution in [3.05, 3.63) is 83.5 Å². The van der Waals surface area contributed by atoms with Crippen molar-refractivity contribution in [3.8, 4) is 0 Å². The van der Waals surface area contributed by atoms with Crippen molar-refractivity contribution >= 4 is 17.2 Å². The number of alkyl halides is 1. The van der Waals surface area contributed by atoms with E-state index in [1.807, 2.05) is 6.07 Å². The Kier molecular flexibility index (Phi) is 8.07. The van der Waals surface area contributed by atoms with E-state index in [-0.39, 0.29) is 22.4 Å². The minimum Gasteiger partial charge on any atom is -0.319 e. The van der Waals surface area contributed by atoms with Gasteiger partial charge in [-0.3, -0.25) is 9.78 Å². The van der Waals surface area contributed by atoms with Gasteiger partial charge in [0, 0.05) is 11.8 Å². The third-order valence-electron chi connectivity index (χ3n) is 6.13. The average Bonchev–Trinajstić information content (AvgIpc) is 2.81. The van der Waals surface area contributed by atoms with Gasteiger partial charge in [0.1, 0.15) is 29.7 Å². The van der Waals surface area contributed by atoms with Crippen LogP contribution >= 0.6 is 0 Å². The van der Waals surface area contributed by atoms with Crippen molar-refractivity contribution in [2.24, 2.45) is 5.41 Å². The molecule has 0 saturated heterocycles. The smallest absolute Gasteiger partial charge is 0.274 e. The number of allylic oxidation sites excluding steroid dienone is 5. The number of pyridine rings is 2. The molecule has 7 heteroatoms. The molecule has 4 nitrogen and oxygen atoms in total. The Labute approximate surface area is 198 Å². The van der Waals surface area contributed by atoms with E-state index < -0.39 is 24.2 Å². The number of amides is 1. The van der Waals surface area contributed by atoms with Gasteiger partial charge < -0.3 is 5.32 Å². The number of halogens is 3. The van der Waals surface area contributed by atoms with Gasteiger partial charge in [-0.2, -0.15) is 0 Å². The van der Waals surface area contributed by atoms with Gasteiger partial charge in [-0.25, -0.2) is 18.2 Å². The van der Waals surface area contributed by atoms with Gasteiger partial charge in [-0.05, 0) is 72.9 Å². The molecule has 3 rings (SSSR count). The Morgan fingerprint density at radius 3 is 2.76 bits per heavy atom. The van der Waals surface area contributed by atoms with Crippen molar-refractivity contribution in [1.82, 2.24) is 9.97 Å². The molecule has 2 heterocycles. The molecule has 2 aromatic heterocycles. The van der Waals surface area contributed by atoms with Crippen LogP contribution in [0.15, 0.2) is 60.7 Å². The summed E-state index contributed by atoms with van der Waals surface area (Å²) in [5.41, 5.74) is 1.32. The highest BCUT2D eigenvalue weighted by molar-refractivity contribution is 6.03. The van der Waals surface area contributed by atoms with E-state index in [4.69, 9.17) is 0 Å². The Hall–Kier alpha value is -3.22. The largest absolute Gasteiger partial charge is 0.319 e. The molecular formula is C27H30F3N3O. The van der Waals surface area contributed by atoms with Gasteiger partial charge in [0.2, 0.25) is 0 Å². The molecule has 0 aliphatic heterocycles. The second-order valence-electron chi connectivity index (χ2n) is 9.54.